The molecule has 1 heterocycles. The van der Waals surface area contributed by atoms with Gasteiger partial charge in [0.2, 0.25) is 0 Å². The molecule has 0 aromatic heterocycles. The lowest BCUT2D eigenvalue weighted by atomic mass is 9.91. The third-order valence-corrected chi connectivity index (χ3v) is 6.66. The first-order chi connectivity index (χ1) is 9.88. The zero-order valence-corrected chi connectivity index (χ0v) is 15.1. The summed E-state index contributed by atoms with van der Waals surface area (Å²) >= 11 is 3.56. The van der Waals surface area contributed by atoms with E-state index in [1.165, 1.54) is 0 Å². The Morgan fingerprint density at radius 2 is 2.19 bits per heavy atom. The lowest BCUT2D eigenvalue weighted by Crippen LogP contribution is -2.29. The summed E-state index contributed by atoms with van der Waals surface area (Å²) in [5, 5.41) is 3.43. The maximum atomic E-state index is 11.8. The lowest BCUT2D eigenvalue weighted by Gasteiger charge is -2.26. The molecule has 0 saturated carbocycles. The number of halogens is 1. The van der Waals surface area contributed by atoms with Crippen LogP contribution >= 0.6 is 15.9 Å². The Bertz CT molecular complexity index is 616. The second kappa shape index (κ2) is 6.67. The maximum Gasteiger partial charge on any atom is 0.150 e. The molecule has 1 N–H and O–H groups in total. The molecule has 4 nitrogen and oxygen atoms in total. The number of methoxy groups -OCH3 is 1. The predicted molar refractivity (Wildman–Crippen MR) is 88.6 cm³/mol. The van der Waals surface area contributed by atoms with E-state index in [4.69, 9.17) is 4.74 Å². The summed E-state index contributed by atoms with van der Waals surface area (Å²) in [6.45, 7) is 4.83. The van der Waals surface area contributed by atoms with Crippen molar-refractivity contribution in [3.8, 4) is 5.75 Å². The number of hydrogen-bond donors (Lipinski definition) is 1. The van der Waals surface area contributed by atoms with Gasteiger partial charge in [-0.05, 0) is 43.5 Å². The van der Waals surface area contributed by atoms with Gasteiger partial charge < -0.3 is 10.1 Å². The summed E-state index contributed by atoms with van der Waals surface area (Å²) in [5.41, 5.74) is 2.13. The predicted octanol–water partition coefficient (Wildman–Crippen LogP) is 2.85. The second-order valence-electron chi connectivity index (χ2n) is 5.54. The first-order valence-corrected chi connectivity index (χ1v) is 9.77. The summed E-state index contributed by atoms with van der Waals surface area (Å²) in [6.07, 6.45) is 0.703. The van der Waals surface area contributed by atoms with Gasteiger partial charge in [0.05, 0.1) is 18.6 Å². The van der Waals surface area contributed by atoms with Crippen molar-refractivity contribution in [3.05, 3.63) is 27.7 Å². The molecule has 1 saturated heterocycles. The zero-order chi connectivity index (χ0) is 15.6. The van der Waals surface area contributed by atoms with Crippen LogP contribution in [0.15, 0.2) is 16.6 Å². The number of aryl methyl sites for hydroxylation is 1. The van der Waals surface area contributed by atoms with Gasteiger partial charge in [-0.1, -0.05) is 22.9 Å². The van der Waals surface area contributed by atoms with Crippen molar-refractivity contribution >= 4 is 25.8 Å². The first-order valence-electron chi connectivity index (χ1n) is 7.15. The van der Waals surface area contributed by atoms with E-state index in [0.717, 1.165) is 27.9 Å². The van der Waals surface area contributed by atoms with Gasteiger partial charge in [0, 0.05) is 16.1 Å². The molecule has 1 aromatic rings. The van der Waals surface area contributed by atoms with Crippen LogP contribution in [0.25, 0.3) is 0 Å². The minimum absolute atomic E-state index is 0.000810. The molecule has 2 rings (SSSR count). The fraction of sp³-hybridized carbons (Fsp3) is 0.600. The molecule has 0 spiro atoms. The van der Waals surface area contributed by atoms with Crippen LogP contribution in [0.1, 0.15) is 30.5 Å². The highest BCUT2D eigenvalue weighted by Crippen LogP contribution is 2.38. The molecule has 118 valence electrons. The van der Waals surface area contributed by atoms with Crippen LogP contribution in [0.2, 0.25) is 0 Å². The Hall–Kier alpha value is -0.590. The molecule has 1 aliphatic heterocycles. The Morgan fingerprint density at radius 3 is 2.71 bits per heavy atom. The standard InChI is InChI=1S/C15H22BrNO3S/c1-4-17-15(11-5-6-21(18,19)9-11)12-8-13(16)10(2)7-14(12)20-3/h7-8,11,15,17H,4-6,9H2,1-3H3. The van der Waals surface area contributed by atoms with Crippen LogP contribution in [-0.4, -0.2) is 33.6 Å². The molecule has 1 aliphatic rings. The number of rotatable bonds is 5. The Morgan fingerprint density at radius 1 is 1.48 bits per heavy atom. The number of sulfone groups is 1. The highest BCUT2D eigenvalue weighted by atomic mass is 79.9. The zero-order valence-electron chi connectivity index (χ0n) is 12.6. The summed E-state index contributed by atoms with van der Waals surface area (Å²) in [7, 11) is -1.24. The molecule has 0 bridgehead atoms. The summed E-state index contributed by atoms with van der Waals surface area (Å²) in [5.74, 6) is 1.44. The highest BCUT2D eigenvalue weighted by molar-refractivity contribution is 9.10. The van der Waals surface area contributed by atoms with Gasteiger partial charge in [-0.15, -0.1) is 0 Å². The van der Waals surface area contributed by atoms with Crippen LogP contribution in [0.5, 0.6) is 5.75 Å². The minimum Gasteiger partial charge on any atom is -0.496 e. The summed E-state index contributed by atoms with van der Waals surface area (Å²) < 4.78 is 30.1. The van der Waals surface area contributed by atoms with Crippen LogP contribution < -0.4 is 10.1 Å². The Kier molecular flexibility index (Phi) is 5.33. The summed E-state index contributed by atoms with van der Waals surface area (Å²) in [4.78, 5) is 0. The first kappa shape index (κ1) is 16.8. The van der Waals surface area contributed by atoms with Gasteiger partial charge in [-0.2, -0.15) is 0 Å². The molecule has 1 aromatic carbocycles. The molecule has 0 aliphatic carbocycles. The monoisotopic (exact) mass is 375 g/mol. The third kappa shape index (κ3) is 3.79. The summed E-state index contributed by atoms with van der Waals surface area (Å²) in [6, 6.07) is 4.04. The normalized spacial score (nSPS) is 22.2. The van der Waals surface area contributed by atoms with E-state index in [1.807, 2.05) is 26.0 Å². The molecule has 21 heavy (non-hydrogen) atoms. The molecular formula is C15H22BrNO3S. The average Bonchev–Trinajstić information content (AvgIpc) is 2.79. The minimum atomic E-state index is -2.90. The average molecular weight is 376 g/mol. The SMILES string of the molecule is CCNC(c1cc(Br)c(C)cc1OC)C1CCS(=O)(=O)C1. The fourth-order valence-corrected chi connectivity index (χ4v) is 5.13. The fourth-order valence-electron chi connectivity index (χ4n) is 2.93. The van der Waals surface area contributed by atoms with Crippen molar-refractivity contribution in [2.75, 3.05) is 25.2 Å². The van der Waals surface area contributed by atoms with E-state index in [-0.39, 0.29) is 23.5 Å². The van der Waals surface area contributed by atoms with Crippen LogP contribution in [0.3, 0.4) is 0 Å². The van der Waals surface area contributed by atoms with Crippen LogP contribution in [-0.2, 0) is 9.84 Å². The molecule has 2 unspecified atom stereocenters. The smallest absolute Gasteiger partial charge is 0.150 e. The molecular weight excluding hydrogens is 354 g/mol. The van der Waals surface area contributed by atoms with Gasteiger partial charge in [0.1, 0.15) is 5.75 Å². The van der Waals surface area contributed by atoms with Gasteiger partial charge in [-0.3, -0.25) is 0 Å². The van der Waals surface area contributed by atoms with Crippen LogP contribution in [0, 0.1) is 12.8 Å². The van der Waals surface area contributed by atoms with Gasteiger partial charge >= 0.3 is 0 Å². The molecule has 1 fully saturated rings. The molecule has 2 atom stereocenters. The number of hydrogen-bond acceptors (Lipinski definition) is 4. The van der Waals surface area contributed by atoms with Crippen molar-refractivity contribution in [1.29, 1.82) is 0 Å². The van der Waals surface area contributed by atoms with Crippen molar-refractivity contribution in [2.45, 2.75) is 26.3 Å². The van der Waals surface area contributed by atoms with Crippen molar-refractivity contribution in [3.63, 3.8) is 0 Å². The molecule has 0 radical (unpaired) electrons. The number of benzene rings is 1. The quantitative estimate of drug-likeness (QED) is 0.859. The topological polar surface area (TPSA) is 55.4 Å². The van der Waals surface area contributed by atoms with E-state index >= 15 is 0 Å². The highest BCUT2D eigenvalue weighted by Gasteiger charge is 2.35. The molecule has 0 amide bonds. The van der Waals surface area contributed by atoms with Gasteiger partial charge in [0.15, 0.2) is 9.84 Å². The second-order valence-corrected chi connectivity index (χ2v) is 8.62. The Labute approximate surface area is 135 Å². The van der Waals surface area contributed by atoms with E-state index in [2.05, 4.69) is 21.2 Å². The van der Waals surface area contributed by atoms with Gasteiger partial charge in [0.25, 0.3) is 0 Å². The van der Waals surface area contributed by atoms with Crippen molar-refractivity contribution in [2.24, 2.45) is 5.92 Å². The van der Waals surface area contributed by atoms with E-state index in [0.29, 0.717) is 6.42 Å². The molecule has 6 heteroatoms. The third-order valence-electron chi connectivity index (χ3n) is 4.01. The maximum absolute atomic E-state index is 11.8. The van der Waals surface area contributed by atoms with Gasteiger partial charge in [-0.25, -0.2) is 8.42 Å². The number of nitrogens with one attached hydrogen (secondary N) is 1. The van der Waals surface area contributed by atoms with E-state index in [9.17, 15) is 8.42 Å². The van der Waals surface area contributed by atoms with E-state index < -0.39 is 9.84 Å². The van der Waals surface area contributed by atoms with E-state index in [1.54, 1.807) is 7.11 Å². The Balaban J connectivity index is 2.41. The lowest BCUT2D eigenvalue weighted by molar-refractivity contribution is 0.364. The van der Waals surface area contributed by atoms with Crippen LogP contribution in [0.4, 0.5) is 0 Å². The van der Waals surface area contributed by atoms with Crippen molar-refractivity contribution < 1.29 is 13.2 Å². The largest absolute Gasteiger partial charge is 0.496 e. The number of ether oxygens (including phenoxy) is 1. The van der Waals surface area contributed by atoms with Crippen molar-refractivity contribution in [1.82, 2.24) is 5.32 Å².